The number of alkyl halides is 3. The molecule has 0 atom stereocenters. The standard InChI is InChI=1S/C9H6F3NO2/c10-9(11,12)6-5-7-1-3-8(4-2-7)13(14)15/h1-6H/b6-5-. The average Bonchev–Trinajstić information content (AvgIpc) is 2.14. The molecule has 1 aromatic carbocycles. The molecule has 3 nitrogen and oxygen atoms in total. The third-order valence-corrected chi connectivity index (χ3v) is 1.57. The highest BCUT2D eigenvalue weighted by Crippen LogP contribution is 2.19. The van der Waals surface area contributed by atoms with Crippen molar-refractivity contribution in [3.8, 4) is 0 Å². The molecule has 0 aliphatic carbocycles. The Morgan fingerprint density at radius 2 is 1.73 bits per heavy atom. The summed E-state index contributed by atoms with van der Waals surface area (Å²) in [7, 11) is 0. The van der Waals surface area contributed by atoms with Crippen LogP contribution in [-0.4, -0.2) is 11.1 Å². The molecule has 0 aromatic heterocycles. The maximum atomic E-state index is 11.8. The van der Waals surface area contributed by atoms with E-state index in [0.717, 1.165) is 18.2 Å². The van der Waals surface area contributed by atoms with Gasteiger partial charge in [-0.05, 0) is 17.7 Å². The molecule has 0 bridgehead atoms. The molecule has 0 fully saturated rings. The van der Waals surface area contributed by atoms with Gasteiger partial charge in [0.1, 0.15) is 0 Å². The smallest absolute Gasteiger partial charge is 0.258 e. The van der Waals surface area contributed by atoms with E-state index < -0.39 is 11.1 Å². The third-order valence-electron chi connectivity index (χ3n) is 1.57. The van der Waals surface area contributed by atoms with E-state index in [2.05, 4.69) is 0 Å². The lowest BCUT2D eigenvalue weighted by Crippen LogP contribution is -2.00. The van der Waals surface area contributed by atoms with Crippen molar-refractivity contribution < 1.29 is 18.1 Å². The van der Waals surface area contributed by atoms with Crippen molar-refractivity contribution in [1.29, 1.82) is 0 Å². The first-order valence-corrected chi connectivity index (χ1v) is 3.89. The third kappa shape index (κ3) is 3.80. The molecule has 1 aromatic rings. The maximum Gasteiger partial charge on any atom is 0.409 e. The number of rotatable bonds is 2. The van der Waals surface area contributed by atoms with Crippen LogP contribution in [0.3, 0.4) is 0 Å². The number of allylic oxidation sites excluding steroid dienone is 1. The Morgan fingerprint density at radius 3 is 2.13 bits per heavy atom. The molecule has 0 saturated carbocycles. The van der Waals surface area contributed by atoms with E-state index in [1.165, 1.54) is 12.1 Å². The summed E-state index contributed by atoms with van der Waals surface area (Å²) in [6.07, 6.45) is -3.44. The summed E-state index contributed by atoms with van der Waals surface area (Å²) in [5.41, 5.74) is 0.108. The minimum absolute atomic E-state index is 0.0775. The van der Waals surface area contributed by atoms with E-state index in [1.807, 2.05) is 0 Å². The molecule has 6 heteroatoms. The zero-order valence-electron chi connectivity index (χ0n) is 7.36. The summed E-state index contributed by atoms with van der Waals surface area (Å²) >= 11 is 0. The van der Waals surface area contributed by atoms with Gasteiger partial charge in [-0.3, -0.25) is 10.1 Å². The van der Waals surface area contributed by atoms with Gasteiger partial charge in [-0.15, -0.1) is 0 Å². The van der Waals surface area contributed by atoms with Gasteiger partial charge in [0.15, 0.2) is 0 Å². The molecule has 0 aliphatic heterocycles. The van der Waals surface area contributed by atoms with E-state index in [4.69, 9.17) is 0 Å². The quantitative estimate of drug-likeness (QED) is 0.564. The second-order valence-electron chi connectivity index (χ2n) is 2.72. The highest BCUT2D eigenvalue weighted by atomic mass is 19.4. The van der Waals surface area contributed by atoms with E-state index in [1.54, 1.807) is 0 Å². The molecule has 15 heavy (non-hydrogen) atoms. The Balaban J connectivity index is 2.82. The molecular weight excluding hydrogens is 211 g/mol. The molecule has 0 heterocycles. The monoisotopic (exact) mass is 217 g/mol. The molecular formula is C9H6F3NO2. The van der Waals surface area contributed by atoms with Crippen LogP contribution in [0.5, 0.6) is 0 Å². The fourth-order valence-corrected chi connectivity index (χ4v) is 0.898. The molecule has 0 aliphatic rings. The summed E-state index contributed by atoms with van der Waals surface area (Å²) in [6, 6.07) is 4.80. The van der Waals surface area contributed by atoms with Crippen LogP contribution in [0.1, 0.15) is 5.56 Å². The van der Waals surface area contributed by atoms with E-state index in [9.17, 15) is 23.3 Å². The van der Waals surface area contributed by atoms with Gasteiger partial charge in [-0.25, -0.2) is 0 Å². The SMILES string of the molecule is O=[N+]([O-])c1ccc(/C=C\C(F)(F)F)cc1. The average molecular weight is 217 g/mol. The topological polar surface area (TPSA) is 43.1 Å². The van der Waals surface area contributed by atoms with Gasteiger partial charge < -0.3 is 0 Å². The Labute approximate surface area is 83.0 Å². The van der Waals surface area contributed by atoms with Gasteiger partial charge in [0.05, 0.1) is 4.92 Å². The van der Waals surface area contributed by atoms with Crippen LogP contribution in [0.2, 0.25) is 0 Å². The number of benzene rings is 1. The zero-order valence-corrected chi connectivity index (χ0v) is 7.36. The minimum atomic E-state index is -4.37. The Hall–Kier alpha value is -1.85. The van der Waals surface area contributed by atoms with Crippen molar-refractivity contribution >= 4 is 11.8 Å². The van der Waals surface area contributed by atoms with Gasteiger partial charge in [-0.1, -0.05) is 6.08 Å². The largest absolute Gasteiger partial charge is 0.409 e. The fourth-order valence-electron chi connectivity index (χ4n) is 0.898. The first-order valence-electron chi connectivity index (χ1n) is 3.89. The number of nitro benzene ring substituents is 1. The highest BCUT2D eigenvalue weighted by molar-refractivity contribution is 5.52. The summed E-state index contributed by atoms with van der Waals surface area (Å²) in [4.78, 5) is 9.62. The molecule has 0 N–H and O–H groups in total. The number of non-ortho nitro benzene ring substituents is 1. The number of hydrogen-bond acceptors (Lipinski definition) is 2. The Morgan fingerprint density at radius 1 is 1.20 bits per heavy atom. The first-order chi connectivity index (χ1) is 6.88. The van der Waals surface area contributed by atoms with Crippen LogP contribution in [-0.2, 0) is 0 Å². The second-order valence-corrected chi connectivity index (χ2v) is 2.72. The first kappa shape index (κ1) is 11.2. The van der Waals surface area contributed by atoms with Crippen molar-refractivity contribution in [2.45, 2.75) is 6.18 Å². The Bertz CT molecular complexity index is 381. The van der Waals surface area contributed by atoms with Crippen molar-refractivity contribution in [2.75, 3.05) is 0 Å². The lowest BCUT2D eigenvalue weighted by Gasteiger charge is -1.97. The summed E-state index contributed by atoms with van der Waals surface area (Å²) < 4.78 is 35.3. The predicted octanol–water partition coefficient (Wildman–Crippen LogP) is 3.17. The molecule has 0 amide bonds. The van der Waals surface area contributed by atoms with Crippen molar-refractivity contribution in [2.24, 2.45) is 0 Å². The number of nitrogens with zero attached hydrogens (tertiary/aromatic N) is 1. The minimum Gasteiger partial charge on any atom is -0.258 e. The van der Waals surface area contributed by atoms with Crippen molar-refractivity contribution in [3.05, 3.63) is 46.0 Å². The van der Waals surface area contributed by atoms with E-state index in [-0.39, 0.29) is 17.3 Å². The van der Waals surface area contributed by atoms with Crippen molar-refractivity contribution in [3.63, 3.8) is 0 Å². The number of hydrogen-bond donors (Lipinski definition) is 0. The second kappa shape index (κ2) is 4.12. The van der Waals surface area contributed by atoms with Crippen LogP contribution < -0.4 is 0 Å². The van der Waals surface area contributed by atoms with Gasteiger partial charge in [0.25, 0.3) is 5.69 Å². The van der Waals surface area contributed by atoms with E-state index >= 15 is 0 Å². The van der Waals surface area contributed by atoms with Gasteiger partial charge in [0, 0.05) is 18.2 Å². The molecule has 80 valence electrons. The molecule has 1 rings (SSSR count). The molecule has 0 spiro atoms. The summed E-state index contributed by atoms with van der Waals surface area (Å²) in [5, 5.41) is 10.2. The van der Waals surface area contributed by atoms with Crippen LogP contribution in [0.4, 0.5) is 18.9 Å². The van der Waals surface area contributed by atoms with Gasteiger partial charge >= 0.3 is 6.18 Å². The van der Waals surface area contributed by atoms with Crippen LogP contribution in [0, 0.1) is 10.1 Å². The number of halogens is 3. The lowest BCUT2D eigenvalue weighted by atomic mass is 10.2. The van der Waals surface area contributed by atoms with Crippen LogP contribution in [0.15, 0.2) is 30.3 Å². The predicted molar refractivity (Wildman–Crippen MR) is 48.2 cm³/mol. The summed E-state index contributed by atoms with van der Waals surface area (Å²) in [5.74, 6) is 0. The zero-order chi connectivity index (χ0) is 11.5. The van der Waals surface area contributed by atoms with E-state index in [0.29, 0.717) is 0 Å². The fraction of sp³-hybridized carbons (Fsp3) is 0.111. The summed E-state index contributed by atoms with van der Waals surface area (Å²) in [6.45, 7) is 0. The molecule has 0 unspecified atom stereocenters. The van der Waals surface area contributed by atoms with Gasteiger partial charge in [0.2, 0.25) is 0 Å². The van der Waals surface area contributed by atoms with Gasteiger partial charge in [-0.2, -0.15) is 13.2 Å². The molecule has 0 saturated heterocycles. The normalized spacial score (nSPS) is 11.9. The maximum absolute atomic E-state index is 11.8. The van der Waals surface area contributed by atoms with Crippen LogP contribution >= 0.6 is 0 Å². The molecule has 0 radical (unpaired) electrons. The van der Waals surface area contributed by atoms with Crippen LogP contribution in [0.25, 0.3) is 6.08 Å². The lowest BCUT2D eigenvalue weighted by molar-refractivity contribution is -0.384. The van der Waals surface area contributed by atoms with Crippen molar-refractivity contribution in [1.82, 2.24) is 0 Å². The number of nitro groups is 1. The highest BCUT2D eigenvalue weighted by Gasteiger charge is 2.21. The Kier molecular flexibility index (Phi) is 3.08.